The molecule has 0 radical (unpaired) electrons. The van der Waals surface area contributed by atoms with Crippen LogP contribution in [0, 0.1) is 12.8 Å². The summed E-state index contributed by atoms with van der Waals surface area (Å²) in [6.45, 7) is 6.91. The molecule has 0 aliphatic carbocycles. The normalized spacial score (nSPS) is 12.6. The van der Waals surface area contributed by atoms with Crippen LogP contribution in [0.4, 0.5) is 0 Å². The van der Waals surface area contributed by atoms with Crippen molar-refractivity contribution in [3.05, 3.63) is 47.9 Å². The van der Waals surface area contributed by atoms with Crippen molar-refractivity contribution in [3.8, 4) is 0 Å². The number of amides is 1. The zero-order valence-electron chi connectivity index (χ0n) is 14.5. The van der Waals surface area contributed by atoms with Gasteiger partial charge < -0.3 is 14.5 Å². The number of carbonyl (C=O) groups is 1. The SMILES string of the molecule is Cc1ccnc2nc(C(=O)N[C@H](COCC(C)C)c3ccco3)nn12. The zero-order chi connectivity index (χ0) is 17.8. The predicted octanol–water partition coefficient (Wildman–Crippen LogP) is 2.17. The third-order valence-electron chi connectivity index (χ3n) is 3.56. The van der Waals surface area contributed by atoms with E-state index in [2.05, 4.69) is 34.2 Å². The van der Waals surface area contributed by atoms with E-state index < -0.39 is 11.9 Å². The molecule has 1 amide bonds. The molecule has 0 bridgehead atoms. The first-order valence-corrected chi connectivity index (χ1v) is 8.15. The fraction of sp³-hybridized carbons (Fsp3) is 0.412. The number of rotatable bonds is 7. The molecule has 1 N–H and O–H groups in total. The first-order chi connectivity index (χ1) is 12.0. The molecule has 0 aliphatic heterocycles. The van der Waals surface area contributed by atoms with Crippen LogP contribution in [0.3, 0.4) is 0 Å². The van der Waals surface area contributed by atoms with Crippen LogP contribution in [0.1, 0.15) is 42.0 Å². The van der Waals surface area contributed by atoms with E-state index in [9.17, 15) is 4.79 Å². The average molecular weight is 343 g/mol. The summed E-state index contributed by atoms with van der Waals surface area (Å²) >= 11 is 0. The van der Waals surface area contributed by atoms with Gasteiger partial charge in [0.15, 0.2) is 0 Å². The Morgan fingerprint density at radius 2 is 2.20 bits per heavy atom. The largest absolute Gasteiger partial charge is 0.467 e. The number of carbonyl (C=O) groups excluding carboxylic acids is 1. The summed E-state index contributed by atoms with van der Waals surface area (Å²) in [5.41, 5.74) is 0.847. The number of nitrogens with zero attached hydrogens (tertiary/aromatic N) is 4. The molecule has 1 atom stereocenters. The lowest BCUT2D eigenvalue weighted by molar-refractivity contribution is 0.0724. The maximum Gasteiger partial charge on any atom is 0.291 e. The van der Waals surface area contributed by atoms with E-state index in [4.69, 9.17) is 9.15 Å². The van der Waals surface area contributed by atoms with Crippen LogP contribution in [-0.2, 0) is 4.74 Å². The van der Waals surface area contributed by atoms with E-state index in [1.54, 1.807) is 30.7 Å². The highest BCUT2D eigenvalue weighted by Crippen LogP contribution is 2.15. The van der Waals surface area contributed by atoms with Crippen molar-refractivity contribution in [1.82, 2.24) is 24.9 Å². The fourth-order valence-corrected chi connectivity index (χ4v) is 2.33. The van der Waals surface area contributed by atoms with Crippen molar-refractivity contribution in [2.75, 3.05) is 13.2 Å². The van der Waals surface area contributed by atoms with Gasteiger partial charge in [-0.25, -0.2) is 9.50 Å². The van der Waals surface area contributed by atoms with E-state index in [0.29, 0.717) is 30.7 Å². The molecule has 0 spiro atoms. The van der Waals surface area contributed by atoms with Gasteiger partial charge in [-0.1, -0.05) is 13.8 Å². The Kier molecular flexibility index (Phi) is 5.08. The molecule has 0 aromatic carbocycles. The van der Waals surface area contributed by atoms with E-state index in [1.807, 2.05) is 6.92 Å². The highest BCUT2D eigenvalue weighted by atomic mass is 16.5. The quantitative estimate of drug-likeness (QED) is 0.706. The van der Waals surface area contributed by atoms with Gasteiger partial charge in [0.25, 0.3) is 11.7 Å². The predicted molar refractivity (Wildman–Crippen MR) is 90.1 cm³/mol. The van der Waals surface area contributed by atoms with Gasteiger partial charge in [-0.2, -0.15) is 4.98 Å². The molecule has 3 aromatic rings. The van der Waals surface area contributed by atoms with Crippen LogP contribution >= 0.6 is 0 Å². The molecule has 8 nitrogen and oxygen atoms in total. The topological polar surface area (TPSA) is 94.5 Å². The minimum absolute atomic E-state index is 0.0576. The Morgan fingerprint density at radius 3 is 2.88 bits per heavy atom. The number of ether oxygens (including phenoxy) is 1. The van der Waals surface area contributed by atoms with Crippen LogP contribution < -0.4 is 5.32 Å². The smallest absolute Gasteiger partial charge is 0.291 e. The van der Waals surface area contributed by atoms with Crippen LogP contribution in [0.25, 0.3) is 5.78 Å². The fourth-order valence-electron chi connectivity index (χ4n) is 2.33. The van der Waals surface area contributed by atoms with Gasteiger partial charge in [0, 0.05) is 18.5 Å². The Balaban J connectivity index is 1.75. The molecule has 0 aliphatic rings. The summed E-state index contributed by atoms with van der Waals surface area (Å²) in [7, 11) is 0. The van der Waals surface area contributed by atoms with Crippen molar-refractivity contribution in [1.29, 1.82) is 0 Å². The molecule has 132 valence electrons. The lowest BCUT2D eigenvalue weighted by Gasteiger charge is -2.16. The van der Waals surface area contributed by atoms with Crippen molar-refractivity contribution >= 4 is 11.7 Å². The van der Waals surface area contributed by atoms with Gasteiger partial charge in [-0.15, -0.1) is 5.10 Å². The molecular formula is C17H21N5O3. The first kappa shape index (κ1) is 17.1. The van der Waals surface area contributed by atoms with Crippen molar-refractivity contribution in [2.24, 2.45) is 5.92 Å². The monoisotopic (exact) mass is 343 g/mol. The summed E-state index contributed by atoms with van der Waals surface area (Å²) in [6, 6.07) is 4.95. The number of furan rings is 1. The molecular weight excluding hydrogens is 322 g/mol. The molecule has 3 heterocycles. The Morgan fingerprint density at radius 1 is 1.36 bits per heavy atom. The second kappa shape index (κ2) is 7.43. The van der Waals surface area contributed by atoms with Gasteiger partial charge in [-0.3, -0.25) is 4.79 Å². The molecule has 0 saturated carbocycles. The van der Waals surface area contributed by atoms with Crippen LogP contribution in [0.15, 0.2) is 35.1 Å². The lowest BCUT2D eigenvalue weighted by atomic mass is 10.2. The van der Waals surface area contributed by atoms with E-state index in [1.165, 1.54) is 4.52 Å². The highest BCUT2D eigenvalue weighted by Gasteiger charge is 2.22. The van der Waals surface area contributed by atoms with E-state index in [-0.39, 0.29) is 5.82 Å². The molecule has 25 heavy (non-hydrogen) atoms. The van der Waals surface area contributed by atoms with Gasteiger partial charge in [0.05, 0.1) is 12.9 Å². The molecule has 0 saturated heterocycles. The summed E-state index contributed by atoms with van der Waals surface area (Å²) in [4.78, 5) is 20.8. The van der Waals surface area contributed by atoms with Gasteiger partial charge in [-0.05, 0) is 31.0 Å². The number of fused-ring (bicyclic) bond motifs is 1. The first-order valence-electron chi connectivity index (χ1n) is 8.15. The van der Waals surface area contributed by atoms with Crippen LogP contribution in [0.2, 0.25) is 0 Å². The molecule has 8 heteroatoms. The Labute approximate surface area is 145 Å². The maximum absolute atomic E-state index is 12.6. The summed E-state index contributed by atoms with van der Waals surface area (Å²) < 4.78 is 12.6. The summed E-state index contributed by atoms with van der Waals surface area (Å²) in [5, 5.41) is 7.08. The number of nitrogens with one attached hydrogen (secondary N) is 1. The van der Waals surface area contributed by atoms with Crippen molar-refractivity contribution in [3.63, 3.8) is 0 Å². The second-order valence-electron chi connectivity index (χ2n) is 6.21. The second-order valence-corrected chi connectivity index (χ2v) is 6.21. The lowest BCUT2D eigenvalue weighted by Crippen LogP contribution is -2.32. The summed E-state index contributed by atoms with van der Waals surface area (Å²) in [5.74, 6) is 1.06. The molecule has 0 fully saturated rings. The minimum atomic E-state index is -0.415. The number of aryl methyl sites for hydroxylation is 1. The Bertz CT molecular complexity index is 841. The highest BCUT2D eigenvalue weighted by molar-refractivity contribution is 5.91. The maximum atomic E-state index is 12.6. The molecule has 0 unspecified atom stereocenters. The molecule has 3 aromatic heterocycles. The number of hydrogen-bond donors (Lipinski definition) is 1. The zero-order valence-corrected chi connectivity index (χ0v) is 14.5. The minimum Gasteiger partial charge on any atom is -0.467 e. The van der Waals surface area contributed by atoms with Gasteiger partial charge >= 0.3 is 0 Å². The molecule has 3 rings (SSSR count). The van der Waals surface area contributed by atoms with Crippen molar-refractivity contribution < 1.29 is 13.9 Å². The standard InChI is InChI=1S/C17H21N5O3/c1-11(2)9-24-10-13(14-5-4-8-25-14)19-16(23)15-20-17-18-7-6-12(3)22(17)21-15/h4-8,11,13H,9-10H2,1-3H3,(H,19,23)/t13-/m1/s1. The average Bonchev–Trinajstić information content (AvgIpc) is 3.23. The summed E-state index contributed by atoms with van der Waals surface area (Å²) in [6.07, 6.45) is 3.19. The van der Waals surface area contributed by atoms with E-state index in [0.717, 1.165) is 5.69 Å². The van der Waals surface area contributed by atoms with Crippen molar-refractivity contribution in [2.45, 2.75) is 26.8 Å². The van der Waals surface area contributed by atoms with Crippen LogP contribution in [0.5, 0.6) is 0 Å². The number of hydrogen-bond acceptors (Lipinski definition) is 6. The third-order valence-corrected chi connectivity index (χ3v) is 3.56. The van der Waals surface area contributed by atoms with Gasteiger partial charge in [0.2, 0.25) is 5.82 Å². The Hall–Kier alpha value is -2.74. The van der Waals surface area contributed by atoms with Gasteiger partial charge in [0.1, 0.15) is 11.8 Å². The van der Waals surface area contributed by atoms with Crippen LogP contribution in [-0.4, -0.2) is 38.7 Å². The number of aromatic nitrogens is 4. The van der Waals surface area contributed by atoms with E-state index >= 15 is 0 Å². The third kappa shape index (κ3) is 4.03.